The van der Waals surface area contributed by atoms with E-state index in [4.69, 9.17) is 10.5 Å². The number of rotatable bonds is 4. The van der Waals surface area contributed by atoms with E-state index >= 15 is 0 Å². The maximum Gasteiger partial charge on any atom is 0.573 e. The van der Waals surface area contributed by atoms with Gasteiger partial charge in [-0.2, -0.15) is 0 Å². The van der Waals surface area contributed by atoms with Crippen LogP contribution in [0, 0.1) is 0 Å². The minimum Gasteiger partial charge on any atom is -0.496 e. The summed E-state index contributed by atoms with van der Waals surface area (Å²) in [6, 6.07) is 6.87. The fraction of sp³-hybridized carbons (Fsp3) is 0.231. The quantitative estimate of drug-likeness (QED) is 0.936. The minimum absolute atomic E-state index is 0.283. The molecule has 0 aliphatic heterocycles. The predicted octanol–water partition coefficient (Wildman–Crippen LogP) is 3.70. The van der Waals surface area contributed by atoms with E-state index in [2.05, 4.69) is 4.74 Å². The van der Waals surface area contributed by atoms with Crippen LogP contribution < -0.4 is 15.2 Å². The van der Waals surface area contributed by atoms with Gasteiger partial charge in [0.25, 0.3) is 0 Å². The Balaban J connectivity index is 2.21. The van der Waals surface area contributed by atoms with Gasteiger partial charge in [0.2, 0.25) is 0 Å². The van der Waals surface area contributed by atoms with Gasteiger partial charge in [-0.15, -0.1) is 24.5 Å². The number of methoxy groups -OCH3 is 1. The Kier molecular flexibility index (Phi) is 4.20. The molecular weight excluding hydrogens is 291 g/mol. The molecule has 0 saturated heterocycles. The molecule has 2 rings (SSSR count). The summed E-state index contributed by atoms with van der Waals surface area (Å²) in [5.74, 6) is 0.386. The van der Waals surface area contributed by atoms with Crippen LogP contribution in [-0.2, 0) is 0 Å². The third kappa shape index (κ3) is 3.64. The second kappa shape index (κ2) is 5.72. The van der Waals surface area contributed by atoms with Crippen molar-refractivity contribution in [3.05, 3.63) is 46.2 Å². The molecule has 20 heavy (non-hydrogen) atoms. The van der Waals surface area contributed by atoms with Gasteiger partial charge in [0.05, 0.1) is 13.2 Å². The number of halogens is 3. The van der Waals surface area contributed by atoms with Crippen LogP contribution in [0.4, 0.5) is 13.2 Å². The lowest BCUT2D eigenvalue weighted by Crippen LogP contribution is -2.17. The van der Waals surface area contributed by atoms with Crippen molar-refractivity contribution >= 4 is 11.3 Å². The molecule has 2 N–H and O–H groups in total. The predicted molar refractivity (Wildman–Crippen MR) is 70.0 cm³/mol. The first-order valence-corrected chi connectivity index (χ1v) is 6.51. The van der Waals surface area contributed by atoms with Crippen molar-refractivity contribution in [3.63, 3.8) is 0 Å². The maximum atomic E-state index is 12.2. The Morgan fingerprint density at radius 2 is 1.95 bits per heavy atom. The number of hydrogen-bond acceptors (Lipinski definition) is 4. The van der Waals surface area contributed by atoms with Gasteiger partial charge in [-0.1, -0.05) is 12.1 Å². The summed E-state index contributed by atoms with van der Waals surface area (Å²) in [4.78, 5) is 0.797. The van der Waals surface area contributed by atoms with Gasteiger partial charge in [0.1, 0.15) is 11.5 Å². The zero-order valence-corrected chi connectivity index (χ0v) is 11.3. The second-order valence-corrected chi connectivity index (χ2v) is 4.93. The fourth-order valence-electron chi connectivity index (χ4n) is 1.67. The number of benzene rings is 1. The Bertz CT molecular complexity index is 583. The Morgan fingerprint density at radius 3 is 2.55 bits per heavy atom. The molecule has 1 atom stereocenters. The van der Waals surface area contributed by atoms with Crippen molar-refractivity contribution < 1.29 is 22.6 Å². The molecule has 108 valence electrons. The van der Waals surface area contributed by atoms with Crippen molar-refractivity contribution in [2.24, 2.45) is 5.73 Å². The Labute approximate surface area is 117 Å². The molecule has 0 bridgehead atoms. The van der Waals surface area contributed by atoms with Crippen molar-refractivity contribution in [3.8, 4) is 11.5 Å². The smallest absolute Gasteiger partial charge is 0.496 e. The molecule has 0 aliphatic carbocycles. The zero-order valence-electron chi connectivity index (χ0n) is 10.5. The van der Waals surface area contributed by atoms with Gasteiger partial charge in [0, 0.05) is 10.3 Å². The van der Waals surface area contributed by atoms with E-state index < -0.39 is 12.4 Å². The minimum atomic E-state index is -4.71. The highest BCUT2D eigenvalue weighted by atomic mass is 32.1. The van der Waals surface area contributed by atoms with Crippen LogP contribution in [0.1, 0.15) is 16.5 Å². The topological polar surface area (TPSA) is 44.5 Å². The molecule has 0 saturated carbocycles. The standard InChI is InChI=1S/C13H12F3NO2S/c1-18-10-6-11(20-7-10)12(17)8-3-2-4-9(5-8)19-13(14,15)16/h2-7,12H,17H2,1H3. The number of hydrogen-bond donors (Lipinski definition) is 1. The van der Waals surface area contributed by atoms with Crippen molar-refractivity contribution in [2.45, 2.75) is 12.4 Å². The van der Waals surface area contributed by atoms with E-state index in [9.17, 15) is 13.2 Å². The van der Waals surface area contributed by atoms with Gasteiger partial charge in [0.15, 0.2) is 0 Å². The van der Waals surface area contributed by atoms with Crippen molar-refractivity contribution in [2.75, 3.05) is 7.11 Å². The van der Waals surface area contributed by atoms with Gasteiger partial charge >= 0.3 is 6.36 Å². The van der Waals surface area contributed by atoms with Gasteiger partial charge in [-0.3, -0.25) is 0 Å². The van der Waals surface area contributed by atoms with Gasteiger partial charge < -0.3 is 15.2 Å². The average Bonchev–Trinajstić information content (AvgIpc) is 2.85. The van der Waals surface area contributed by atoms with E-state index in [1.54, 1.807) is 17.5 Å². The second-order valence-electron chi connectivity index (χ2n) is 3.99. The van der Waals surface area contributed by atoms with Crippen LogP contribution in [0.3, 0.4) is 0 Å². The van der Waals surface area contributed by atoms with E-state index in [1.165, 1.54) is 36.6 Å². The summed E-state index contributed by atoms with van der Waals surface area (Å²) in [6.07, 6.45) is -4.71. The first kappa shape index (κ1) is 14.7. The summed E-state index contributed by atoms with van der Waals surface area (Å²) in [5, 5.41) is 1.78. The molecular formula is C13H12F3NO2S. The van der Waals surface area contributed by atoms with E-state index in [0.29, 0.717) is 11.3 Å². The van der Waals surface area contributed by atoms with E-state index in [-0.39, 0.29) is 5.75 Å². The van der Waals surface area contributed by atoms with Crippen LogP contribution >= 0.6 is 11.3 Å². The molecule has 2 aromatic rings. The SMILES string of the molecule is COc1csc(C(N)c2cccc(OC(F)(F)F)c2)c1. The lowest BCUT2D eigenvalue weighted by Gasteiger charge is -2.13. The molecule has 0 fully saturated rings. The summed E-state index contributed by atoms with van der Waals surface area (Å²) in [5.41, 5.74) is 6.57. The molecule has 0 aliphatic rings. The van der Waals surface area contributed by atoms with Crippen LogP contribution in [0.2, 0.25) is 0 Å². The zero-order chi connectivity index (χ0) is 14.8. The first-order valence-electron chi connectivity index (χ1n) is 5.63. The Morgan fingerprint density at radius 1 is 1.20 bits per heavy atom. The van der Waals surface area contributed by atoms with Crippen LogP contribution in [0.15, 0.2) is 35.7 Å². The summed E-state index contributed by atoms with van der Waals surface area (Å²) >= 11 is 1.38. The van der Waals surface area contributed by atoms with Gasteiger partial charge in [-0.25, -0.2) is 0 Å². The lowest BCUT2D eigenvalue weighted by atomic mass is 10.1. The maximum absolute atomic E-state index is 12.2. The molecule has 1 unspecified atom stereocenters. The fourth-order valence-corrected chi connectivity index (χ4v) is 2.56. The van der Waals surface area contributed by atoms with E-state index in [1.807, 2.05) is 0 Å². The number of ether oxygens (including phenoxy) is 2. The lowest BCUT2D eigenvalue weighted by molar-refractivity contribution is -0.274. The normalized spacial score (nSPS) is 13.1. The van der Waals surface area contributed by atoms with Gasteiger partial charge in [-0.05, 0) is 23.8 Å². The number of thiophene rings is 1. The molecule has 1 aromatic heterocycles. The van der Waals surface area contributed by atoms with Crippen LogP contribution in [0.25, 0.3) is 0 Å². The molecule has 1 aromatic carbocycles. The third-order valence-corrected chi connectivity index (χ3v) is 3.58. The molecule has 0 amide bonds. The third-order valence-electron chi connectivity index (χ3n) is 2.59. The summed E-state index contributed by atoms with van der Waals surface area (Å²) in [7, 11) is 1.54. The monoisotopic (exact) mass is 303 g/mol. The van der Waals surface area contributed by atoms with Crippen molar-refractivity contribution in [1.29, 1.82) is 0 Å². The summed E-state index contributed by atoms with van der Waals surface area (Å²) in [6.45, 7) is 0. The highest BCUT2D eigenvalue weighted by Gasteiger charge is 2.31. The number of alkyl halides is 3. The van der Waals surface area contributed by atoms with Crippen LogP contribution in [-0.4, -0.2) is 13.5 Å². The summed E-state index contributed by atoms with van der Waals surface area (Å²) < 4.78 is 45.5. The van der Waals surface area contributed by atoms with E-state index in [0.717, 1.165) is 4.88 Å². The van der Waals surface area contributed by atoms with Crippen LogP contribution in [0.5, 0.6) is 11.5 Å². The Hall–Kier alpha value is -1.73. The largest absolute Gasteiger partial charge is 0.573 e. The molecule has 0 spiro atoms. The molecule has 1 heterocycles. The molecule has 7 heteroatoms. The highest BCUT2D eigenvalue weighted by Crippen LogP contribution is 2.31. The van der Waals surface area contributed by atoms with Crippen molar-refractivity contribution in [1.82, 2.24) is 0 Å². The highest BCUT2D eigenvalue weighted by molar-refractivity contribution is 7.10. The number of nitrogens with two attached hydrogens (primary N) is 1. The average molecular weight is 303 g/mol. The molecule has 3 nitrogen and oxygen atoms in total. The first-order chi connectivity index (χ1) is 9.39. The molecule has 0 radical (unpaired) electrons.